The summed E-state index contributed by atoms with van der Waals surface area (Å²) in [5, 5.41) is 0. The van der Waals surface area contributed by atoms with Gasteiger partial charge in [0.25, 0.3) is 0 Å². The highest BCUT2D eigenvalue weighted by Crippen LogP contribution is 2.38. The molecule has 162 valence electrons. The molecule has 4 aromatic carbocycles. The second-order valence-corrected chi connectivity index (χ2v) is 8.36. The number of nitrogen functional groups attached to an aromatic ring is 2. The second-order valence-electron chi connectivity index (χ2n) is 8.36. The van der Waals surface area contributed by atoms with Crippen LogP contribution in [-0.2, 0) is 18.4 Å². The number of hydrogen-bond acceptors (Lipinski definition) is 4. The quantitative estimate of drug-likeness (QED) is 0.371. The van der Waals surface area contributed by atoms with Crippen molar-refractivity contribution in [2.45, 2.75) is 24.4 Å². The maximum Gasteiger partial charge on any atom is 0.0825 e. The summed E-state index contributed by atoms with van der Waals surface area (Å²) >= 11 is 0. The first kappa shape index (κ1) is 21.6. The van der Waals surface area contributed by atoms with Crippen LogP contribution >= 0.6 is 0 Å². The molecule has 0 bridgehead atoms. The molecule has 0 spiro atoms. The first-order chi connectivity index (χ1) is 15.5. The highest BCUT2D eigenvalue weighted by atomic mass is 14.9. The van der Waals surface area contributed by atoms with Crippen molar-refractivity contribution in [2.75, 3.05) is 11.5 Å². The fraction of sp³-hybridized carbons (Fsp3) is 0.143. The van der Waals surface area contributed by atoms with Crippen molar-refractivity contribution in [2.24, 2.45) is 11.5 Å². The Kier molecular flexibility index (Phi) is 6.26. The lowest BCUT2D eigenvalue weighted by atomic mass is 9.83. The van der Waals surface area contributed by atoms with Crippen LogP contribution in [0.25, 0.3) is 0 Å². The maximum absolute atomic E-state index is 6.61. The van der Waals surface area contributed by atoms with Gasteiger partial charge in [0.05, 0.1) is 5.54 Å². The normalized spacial score (nSPS) is 19.0. The van der Waals surface area contributed by atoms with Crippen LogP contribution in [0.3, 0.4) is 0 Å². The Hall–Kier alpha value is -3.60. The largest absolute Gasteiger partial charge is 0.399 e. The lowest BCUT2D eigenvalue weighted by Gasteiger charge is -2.30. The first-order valence-corrected chi connectivity index (χ1v) is 10.8. The van der Waals surface area contributed by atoms with Crippen LogP contribution in [0.1, 0.15) is 27.8 Å². The lowest BCUT2D eigenvalue weighted by molar-refractivity contribution is 0.456. The molecule has 8 N–H and O–H groups in total. The molecule has 4 heteroatoms. The van der Waals surface area contributed by atoms with Crippen molar-refractivity contribution in [3.63, 3.8) is 0 Å². The van der Waals surface area contributed by atoms with Gasteiger partial charge in [-0.15, -0.1) is 0 Å². The maximum atomic E-state index is 6.61. The van der Waals surface area contributed by atoms with Gasteiger partial charge in [-0.1, -0.05) is 78.9 Å². The summed E-state index contributed by atoms with van der Waals surface area (Å²) in [6.07, 6.45) is 1.77. The fourth-order valence-electron chi connectivity index (χ4n) is 4.29. The molecule has 1 aliphatic rings. The SMILES string of the molecule is NC1Cc2ccccc2C1(N)c1ccccc1.Nc1ccc(Cc2ccc(N)cc2)cc1. The third-order valence-electron chi connectivity index (χ3n) is 6.11. The fourth-order valence-corrected chi connectivity index (χ4v) is 4.29. The molecule has 32 heavy (non-hydrogen) atoms. The van der Waals surface area contributed by atoms with E-state index in [0.717, 1.165) is 29.8 Å². The number of nitrogens with two attached hydrogens (primary N) is 4. The summed E-state index contributed by atoms with van der Waals surface area (Å²) in [7, 11) is 0. The minimum Gasteiger partial charge on any atom is -0.399 e. The lowest BCUT2D eigenvalue weighted by Crippen LogP contribution is -2.50. The van der Waals surface area contributed by atoms with Crippen molar-refractivity contribution >= 4 is 11.4 Å². The summed E-state index contributed by atoms with van der Waals surface area (Å²) in [4.78, 5) is 0. The van der Waals surface area contributed by atoms with E-state index in [2.05, 4.69) is 24.3 Å². The Morgan fingerprint density at radius 2 is 1.16 bits per heavy atom. The third kappa shape index (κ3) is 4.52. The highest BCUT2D eigenvalue weighted by Gasteiger charge is 2.42. The molecule has 5 rings (SSSR count). The number of benzene rings is 4. The molecule has 2 unspecified atom stereocenters. The van der Waals surface area contributed by atoms with Crippen LogP contribution < -0.4 is 22.9 Å². The summed E-state index contributed by atoms with van der Waals surface area (Å²) in [6.45, 7) is 0. The molecule has 4 aromatic rings. The molecule has 0 fully saturated rings. The van der Waals surface area contributed by atoms with Crippen molar-refractivity contribution in [1.82, 2.24) is 0 Å². The summed E-state index contributed by atoms with van der Waals surface area (Å²) in [5.74, 6) is 0. The monoisotopic (exact) mass is 422 g/mol. The molecule has 2 atom stereocenters. The summed E-state index contributed by atoms with van der Waals surface area (Å²) in [5.41, 5.74) is 31.2. The van der Waals surface area contributed by atoms with Crippen LogP contribution in [0.2, 0.25) is 0 Å². The molecule has 0 radical (unpaired) electrons. The summed E-state index contributed by atoms with van der Waals surface area (Å²) < 4.78 is 0. The Morgan fingerprint density at radius 1 is 0.656 bits per heavy atom. The van der Waals surface area contributed by atoms with Gasteiger partial charge in [-0.2, -0.15) is 0 Å². The van der Waals surface area contributed by atoms with Gasteiger partial charge < -0.3 is 22.9 Å². The summed E-state index contributed by atoms with van der Waals surface area (Å²) in [6, 6.07) is 34.2. The van der Waals surface area contributed by atoms with Gasteiger partial charge in [0, 0.05) is 17.4 Å². The van der Waals surface area contributed by atoms with Crippen LogP contribution in [0.15, 0.2) is 103 Å². The van der Waals surface area contributed by atoms with E-state index >= 15 is 0 Å². The van der Waals surface area contributed by atoms with Gasteiger partial charge in [-0.3, -0.25) is 0 Å². The average Bonchev–Trinajstić information content (AvgIpc) is 3.09. The van der Waals surface area contributed by atoms with Gasteiger partial charge in [0.1, 0.15) is 0 Å². The number of fused-ring (bicyclic) bond motifs is 1. The molecule has 0 saturated carbocycles. The molecule has 0 aromatic heterocycles. The molecule has 0 amide bonds. The van der Waals surface area contributed by atoms with E-state index < -0.39 is 5.54 Å². The van der Waals surface area contributed by atoms with Gasteiger partial charge in [-0.25, -0.2) is 0 Å². The van der Waals surface area contributed by atoms with Gasteiger partial charge >= 0.3 is 0 Å². The Morgan fingerprint density at radius 3 is 1.72 bits per heavy atom. The van der Waals surface area contributed by atoms with Gasteiger partial charge in [0.2, 0.25) is 0 Å². The Bertz CT molecular complexity index is 1110. The van der Waals surface area contributed by atoms with Gasteiger partial charge in [0.15, 0.2) is 0 Å². The minimum absolute atomic E-state index is 0.0534. The van der Waals surface area contributed by atoms with E-state index in [1.54, 1.807) is 0 Å². The van der Waals surface area contributed by atoms with Crippen LogP contribution in [0, 0.1) is 0 Å². The van der Waals surface area contributed by atoms with Crippen LogP contribution in [0.4, 0.5) is 11.4 Å². The minimum atomic E-state index is -0.544. The zero-order chi connectivity index (χ0) is 22.6. The predicted molar refractivity (Wildman–Crippen MR) is 134 cm³/mol. The standard InChI is InChI=1S/C15H16N2.C13H14N2/c16-14-10-11-6-4-5-9-13(11)15(14,17)12-7-2-1-3-8-12;14-12-5-1-10(2-6-12)9-11-3-7-13(15)8-4-11/h1-9,14H,10,16-17H2;1-8H,9,14-15H2. The average molecular weight is 423 g/mol. The van der Waals surface area contributed by atoms with E-state index in [4.69, 9.17) is 22.9 Å². The van der Waals surface area contributed by atoms with Crippen LogP contribution in [-0.4, -0.2) is 6.04 Å². The van der Waals surface area contributed by atoms with E-state index in [1.165, 1.54) is 22.3 Å². The van der Waals surface area contributed by atoms with Crippen molar-refractivity contribution in [3.8, 4) is 0 Å². The van der Waals surface area contributed by atoms with E-state index in [0.29, 0.717) is 0 Å². The zero-order valence-corrected chi connectivity index (χ0v) is 18.1. The molecular weight excluding hydrogens is 392 g/mol. The Labute approximate surface area is 189 Å². The van der Waals surface area contributed by atoms with E-state index in [-0.39, 0.29) is 6.04 Å². The number of rotatable bonds is 3. The molecule has 0 aliphatic heterocycles. The van der Waals surface area contributed by atoms with E-state index in [1.807, 2.05) is 78.9 Å². The zero-order valence-electron chi connectivity index (χ0n) is 18.1. The smallest absolute Gasteiger partial charge is 0.0825 e. The van der Waals surface area contributed by atoms with Crippen LogP contribution in [0.5, 0.6) is 0 Å². The number of anilines is 2. The van der Waals surface area contributed by atoms with Gasteiger partial charge in [-0.05, 0) is 64.9 Å². The predicted octanol–water partition coefficient (Wildman–Crippen LogP) is 4.21. The van der Waals surface area contributed by atoms with Crippen molar-refractivity contribution < 1.29 is 0 Å². The topological polar surface area (TPSA) is 104 Å². The molecular formula is C28H30N4. The first-order valence-electron chi connectivity index (χ1n) is 10.8. The Balaban J connectivity index is 0.000000155. The molecule has 0 saturated heterocycles. The molecule has 1 aliphatic carbocycles. The molecule has 0 heterocycles. The van der Waals surface area contributed by atoms with Crippen molar-refractivity contribution in [1.29, 1.82) is 0 Å². The van der Waals surface area contributed by atoms with E-state index in [9.17, 15) is 0 Å². The number of hydrogen-bond donors (Lipinski definition) is 4. The highest BCUT2D eigenvalue weighted by molar-refractivity contribution is 5.49. The second kappa shape index (κ2) is 9.27. The van der Waals surface area contributed by atoms with Crippen molar-refractivity contribution in [3.05, 3.63) is 131 Å². The third-order valence-corrected chi connectivity index (χ3v) is 6.11. The molecule has 4 nitrogen and oxygen atoms in total.